The lowest BCUT2D eigenvalue weighted by atomic mass is 9.72. The van der Waals surface area contributed by atoms with Crippen molar-refractivity contribution in [2.24, 2.45) is 0 Å². The van der Waals surface area contributed by atoms with E-state index in [1.165, 1.54) is 44.6 Å². The molecular formula is C13H18NO. The fourth-order valence-corrected chi connectivity index (χ4v) is 4.13. The fourth-order valence-electron chi connectivity index (χ4n) is 4.13. The highest BCUT2D eigenvalue weighted by Gasteiger charge is 2.61. The Balaban J connectivity index is 1.76. The summed E-state index contributed by atoms with van der Waals surface area (Å²) in [5, 5.41) is 3.77. The van der Waals surface area contributed by atoms with Gasteiger partial charge in [0.05, 0.1) is 17.2 Å². The minimum Gasteiger partial charge on any atom is -0.369 e. The van der Waals surface area contributed by atoms with E-state index < -0.39 is 0 Å². The summed E-state index contributed by atoms with van der Waals surface area (Å²) in [4.78, 5) is 0. The smallest absolute Gasteiger partial charge is 0.0904 e. The number of rotatable bonds is 1. The van der Waals surface area contributed by atoms with Crippen LogP contribution in [0.25, 0.3) is 0 Å². The van der Waals surface area contributed by atoms with Gasteiger partial charge in [0.2, 0.25) is 0 Å². The first-order chi connectivity index (χ1) is 7.32. The van der Waals surface area contributed by atoms with E-state index in [0.717, 1.165) is 6.42 Å². The summed E-state index contributed by atoms with van der Waals surface area (Å²) in [5.74, 6) is 0. The molecule has 1 N–H and O–H groups in total. The molecule has 81 valence electrons. The van der Waals surface area contributed by atoms with Crippen LogP contribution in [-0.2, 0) is 4.74 Å². The predicted molar refractivity (Wildman–Crippen MR) is 58.2 cm³/mol. The molecule has 0 saturated carbocycles. The quantitative estimate of drug-likeness (QED) is 0.662. The van der Waals surface area contributed by atoms with Crippen LogP contribution < -0.4 is 5.32 Å². The number of nitrogens with one attached hydrogen (secondary N) is 1. The van der Waals surface area contributed by atoms with Gasteiger partial charge in [0.15, 0.2) is 0 Å². The zero-order valence-electron chi connectivity index (χ0n) is 9.09. The van der Waals surface area contributed by atoms with Crippen LogP contribution in [0.5, 0.6) is 0 Å². The second kappa shape index (κ2) is 2.67. The zero-order valence-corrected chi connectivity index (χ0v) is 9.09. The molecular weight excluding hydrogens is 186 g/mol. The molecule has 0 amide bonds. The lowest BCUT2D eigenvalue weighted by Gasteiger charge is -2.44. The zero-order chi connectivity index (χ0) is 9.93. The summed E-state index contributed by atoms with van der Waals surface area (Å²) in [5.41, 5.74) is 0.322. The molecule has 4 aliphatic rings. The normalized spacial score (nSPS) is 52.9. The molecule has 4 bridgehead atoms. The summed E-state index contributed by atoms with van der Waals surface area (Å²) in [6.07, 6.45) is 14.1. The average molecular weight is 204 g/mol. The van der Waals surface area contributed by atoms with Crippen LogP contribution in [0.3, 0.4) is 0 Å². The minimum absolute atomic E-state index is 0.149. The van der Waals surface area contributed by atoms with Gasteiger partial charge >= 0.3 is 0 Å². The number of fused-ring (bicyclic) bond motifs is 5. The summed E-state index contributed by atoms with van der Waals surface area (Å²) >= 11 is 0. The molecule has 1 radical (unpaired) electrons. The van der Waals surface area contributed by atoms with E-state index in [0.29, 0.717) is 6.10 Å². The van der Waals surface area contributed by atoms with Crippen LogP contribution in [0.4, 0.5) is 0 Å². The summed E-state index contributed by atoms with van der Waals surface area (Å²) in [7, 11) is 0. The molecule has 2 heteroatoms. The molecule has 2 nitrogen and oxygen atoms in total. The largest absolute Gasteiger partial charge is 0.369 e. The second-order valence-corrected chi connectivity index (χ2v) is 5.62. The van der Waals surface area contributed by atoms with Gasteiger partial charge in [-0.2, -0.15) is 0 Å². The Kier molecular flexibility index (Phi) is 1.56. The molecule has 4 rings (SSSR count). The highest BCUT2D eigenvalue weighted by atomic mass is 16.5. The third-order valence-electron chi connectivity index (χ3n) is 4.93. The van der Waals surface area contributed by atoms with Crippen molar-refractivity contribution in [2.45, 2.75) is 62.2 Å². The van der Waals surface area contributed by atoms with Crippen molar-refractivity contribution in [3.05, 3.63) is 18.2 Å². The molecule has 0 aliphatic carbocycles. The van der Waals surface area contributed by atoms with Crippen LogP contribution in [0, 0.1) is 6.04 Å². The van der Waals surface area contributed by atoms with Gasteiger partial charge in [-0.1, -0.05) is 12.2 Å². The highest BCUT2D eigenvalue weighted by molar-refractivity contribution is 5.31. The molecule has 0 aromatic carbocycles. The lowest BCUT2D eigenvalue weighted by Crippen LogP contribution is -2.58. The third kappa shape index (κ3) is 0.974. The molecule has 0 aromatic rings. The van der Waals surface area contributed by atoms with Gasteiger partial charge in [-0.3, -0.25) is 5.32 Å². The van der Waals surface area contributed by atoms with E-state index >= 15 is 0 Å². The van der Waals surface area contributed by atoms with Crippen LogP contribution in [0.15, 0.2) is 12.2 Å². The van der Waals surface area contributed by atoms with Gasteiger partial charge < -0.3 is 4.74 Å². The van der Waals surface area contributed by atoms with Gasteiger partial charge in [0.1, 0.15) is 0 Å². The van der Waals surface area contributed by atoms with Crippen LogP contribution in [0.2, 0.25) is 0 Å². The van der Waals surface area contributed by atoms with E-state index in [-0.39, 0.29) is 11.1 Å². The van der Waals surface area contributed by atoms with Crippen molar-refractivity contribution in [1.29, 1.82) is 0 Å². The Morgan fingerprint density at radius 1 is 1.27 bits per heavy atom. The second-order valence-electron chi connectivity index (χ2n) is 5.62. The maximum absolute atomic E-state index is 6.29. The SMILES string of the molecule is C1=CC2(C34CCC(CC3)O4)CC[C](C1)N2. The van der Waals surface area contributed by atoms with E-state index in [9.17, 15) is 0 Å². The van der Waals surface area contributed by atoms with Crippen molar-refractivity contribution in [3.8, 4) is 0 Å². The Labute approximate surface area is 91.1 Å². The molecule has 0 aromatic heterocycles. The monoisotopic (exact) mass is 204 g/mol. The first-order valence-corrected chi connectivity index (χ1v) is 6.30. The van der Waals surface area contributed by atoms with Gasteiger partial charge in [0.25, 0.3) is 0 Å². The summed E-state index contributed by atoms with van der Waals surface area (Å²) in [6, 6.07) is 1.53. The maximum atomic E-state index is 6.29. The molecule has 1 unspecified atom stereocenters. The maximum Gasteiger partial charge on any atom is 0.0904 e. The van der Waals surface area contributed by atoms with Crippen LogP contribution in [-0.4, -0.2) is 17.2 Å². The highest BCUT2D eigenvalue weighted by Crippen LogP contribution is 2.55. The van der Waals surface area contributed by atoms with Crippen molar-refractivity contribution >= 4 is 0 Å². The minimum atomic E-state index is 0.149. The standard InChI is InChI=1S/C13H18NO/c1-2-10-3-7-12(6-1,14-10)13-8-4-11(15-13)5-9-13/h1,6,11,14H,2-5,7-9H2. The van der Waals surface area contributed by atoms with Crippen molar-refractivity contribution in [2.75, 3.05) is 0 Å². The first kappa shape index (κ1) is 8.77. The third-order valence-corrected chi connectivity index (χ3v) is 4.93. The van der Waals surface area contributed by atoms with Crippen LogP contribution in [0.1, 0.15) is 44.9 Å². The molecule has 4 heterocycles. The molecule has 0 spiro atoms. The Morgan fingerprint density at radius 2 is 2.13 bits per heavy atom. The van der Waals surface area contributed by atoms with Gasteiger partial charge in [-0.25, -0.2) is 0 Å². The van der Waals surface area contributed by atoms with Crippen molar-refractivity contribution in [3.63, 3.8) is 0 Å². The Morgan fingerprint density at radius 3 is 2.87 bits per heavy atom. The van der Waals surface area contributed by atoms with Gasteiger partial charge in [0, 0.05) is 6.04 Å². The molecule has 15 heavy (non-hydrogen) atoms. The topological polar surface area (TPSA) is 21.3 Å². The Hall–Kier alpha value is -0.340. The van der Waals surface area contributed by atoms with Gasteiger partial charge in [-0.15, -0.1) is 0 Å². The molecule has 3 saturated heterocycles. The molecule has 3 fully saturated rings. The molecule has 1 atom stereocenters. The summed E-state index contributed by atoms with van der Waals surface area (Å²) in [6.45, 7) is 0. The molecule has 4 aliphatic heterocycles. The number of hydrogen-bond acceptors (Lipinski definition) is 2. The van der Waals surface area contributed by atoms with E-state index in [1.54, 1.807) is 0 Å². The van der Waals surface area contributed by atoms with E-state index in [4.69, 9.17) is 4.74 Å². The van der Waals surface area contributed by atoms with Crippen molar-refractivity contribution in [1.82, 2.24) is 5.32 Å². The average Bonchev–Trinajstić information content (AvgIpc) is 2.94. The van der Waals surface area contributed by atoms with Crippen LogP contribution >= 0.6 is 0 Å². The predicted octanol–water partition coefficient (Wildman–Crippen LogP) is 2.31. The number of ether oxygens (including phenoxy) is 1. The van der Waals surface area contributed by atoms with E-state index in [1.807, 2.05) is 0 Å². The van der Waals surface area contributed by atoms with Crippen molar-refractivity contribution < 1.29 is 4.74 Å². The van der Waals surface area contributed by atoms with Gasteiger partial charge in [-0.05, 0) is 44.9 Å². The number of hydrogen-bond donors (Lipinski definition) is 1. The first-order valence-electron chi connectivity index (χ1n) is 6.30. The van der Waals surface area contributed by atoms with E-state index in [2.05, 4.69) is 17.5 Å². The summed E-state index contributed by atoms with van der Waals surface area (Å²) < 4.78 is 6.29. The lowest BCUT2D eigenvalue weighted by molar-refractivity contribution is -0.0380. The fraction of sp³-hybridized carbons (Fsp3) is 0.769. The Bertz CT molecular complexity index is 316.